The lowest BCUT2D eigenvalue weighted by atomic mass is 10.1. The molecule has 1 unspecified atom stereocenters. The third-order valence-corrected chi connectivity index (χ3v) is 8.73. The van der Waals surface area contributed by atoms with Crippen LogP contribution in [0.3, 0.4) is 0 Å². The highest BCUT2D eigenvalue weighted by atomic mass is 16.6. The number of esters is 3. The summed E-state index contributed by atoms with van der Waals surface area (Å²) >= 11 is 0. The first-order valence-electron chi connectivity index (χ1n) is 21.5. The van der Waals surface area contributed by atoms with E-state index in [0.29, 0.717) is 12.8 Å². The second-order valence-electron chi connectivity index (χ2n) is 13.9. The van der Waals surface area contributed by atoms with Gasteiger partial charge >= 0.3 is 17.9 Å². The number of carbonyl (C=O) groups excluding carboxylic acids is 3. The standard InChI is InChI=1S/C47H78O6/c1-4-7-10-13-16-19-21-22-23-24-26-28-31-34-37-40-46(49)52-43-44(42-51-45(48)39-36-33-30-27-18-15-12-9-6-3)53-47(50)41-38-35-32-29-25-20-17-14-11-8-5-2/h9,12,14,16-19,21-22,27,33,36,44H,4-8,10-11,13,15,20,23-26,28-32,34-35,37-43H2,1-3H3/b12-9-,17-14-,19-16-,22-21-,27-18-,36-33-. The van der Waals surface area contributed by atoms with Crippen LogP contribution in [0.25, 0.3) is 0 Å². The Kier molecular flexibility index (Phi) is 39.1. The van der Waals surface area contributed by atoms with E-state index in [1.807, 2.05) is 6.08 Å². The lowest BCUT2D eigenvalue weighted by Gasteiger charge is -2.18. The summed E-state index contributed by atoms with van der Waals surface area (Å²) in [6, 6.07) is 0. The predicted octanol–water partition coefficient (Wildman–Crippen LogP) is 13.5. The quantitative estimate of drug-likeness (QED) is 0.0208. The highest BCUT2D eigenvalue weighted by Gasteiger charge is 2.19. The fraction of sp³-hybridized carbons (Fsp3) is 0.681. The number of ether oxygens (including phenoxy) is 3. The maximum Gasteiger partial charge on any atom is 0.309 e. The number of rotatable bonds is 37. The Morgan fingerprint density at radius 1 is 0.434 bits per heavy atom. The van der Waals surface area contributed by atoms with Crippen molar-refractivity contribution in [1.82, 2.24) is 0 Å². The van der Waals surface area contributed by atoms with E-state index in [2.05, 4.69) is 81.5 Å². The van der Waals surface area contributed by atoms with Gasteiger partial charge in [0.2, 0.25) is 0 Å². The van der Waals surface area contributed by atoms with Crippen LogP contribution >= 0.6 is 0 Å². The molecule has 53 heavy (non-hydrogen) atoms. The van der Waals surface area contributed by atoms with Gasteiger partial charge in [0, 0.05) is 12.8 Å². The summed E-state index contributed by atoms with van der Waals surface area (Å²) in [5.41, 5.74) is 0. The van der Waals surface area contributed by atoms with Crippen molar-refractivity contribution >= 4 is 17.9 Å². The molecule has 0 aromatic carbocycles. The van der Waals surface area contributed by atoms with Crippen molar-refractivity contribution in [2.24, 2.45) is 0 Å². The Morgan fingerprint density at radius 2 is 0.887 bits per heavy atom. The molecular weight excluding hydrogens is 661 g/mol. The molecule has 1 atom stereocenters. The van der Waals surface area contributed by atoms with Crippen molar-refractivity contribution in [2.75, 3.05) is 13.2 Å². The van der Waals surface area contributed by atoms with E-state index in [1.54, 1.807) is 6.08 Å². The van der Waals surface area contributed by atoms with Gasteiger partial charge in [-0.3, -0.25) is 14.4 Å². The van der Waals surface area contributed by atoms with E-state index in [0.717, 1.165) is 83.5 Å². The van der Waals surface area contributed by atoms with Crippen molar-refractivity contribution in [3.05, 3.63) is 72.9 Å². The van der Waals surface area contributed by atoms with E-state index in [9.17, 15) is 14.4 Å². The van der Waals surface area contributed by atoms with E-state index < -0.39 is 12.1 Å². The van der Waals surface area contributed by atoms with Crippen LogP contribution in [0.5, 0.6) is 0 Å². The average molecular weight is 739 g/mol. The van der Waals surface area contributed by atoms with Gasteiger partial charge in [0.1, 0.15) is 13.2 Å². The summed E-state index contributed by atoms with van der Waals surface area (Å²) in [4.78, 5) is 37.5. The van der Waals surface area contributed by atoms with Crippen molar-refractivity contribution in [2.45, 2.75) is 194 Å². The van der Waals surface area contributed by atoms with Crippen LogP contribution in [-0.4, -0.2) is 37.2 Å². The fourth-order valence-electron chi connectivity index (χ4n) is 5.47. The second kappa shape index (κ2) is 41.6. The zero-order valence-corrected chi connectivity index (χ0v) is 34.3. The summed E-state index contributed by atoms with van der Waals surface area (Å²) in [6.07, 6.45) is 50.6. The molecule has 0 bridgehead atoms. The first-order chi connectivity index (χ1) is 26.0. The van der Waals surface area contributed by atoms with Gasteiger partial charge in [0.25, 0.3) is 0 Å². The first-order valence-corrected chi connectivity index (χ1v) is 21.5. The largest absolute Gasteiger partial charge is 0.462 e. The van der Waals surface area contributed by atoms with Crippen LogP contribution in [0.1, 0.15) is 188 Å². The molecule has 0 saturated carbocycles. The molecule has 0 heterocycles. The number of allylic oxidation sites excluding steroid dienone is 11. The molecule has 302 valence electrons. The molecule has 6 heteroatoms. The van der Waals surface area contributed by atoms with E-state index >= 15 is 0 Å². The van der Waals surface area contributed by atoms with Gasteiger partial charge in [-0.1, -0.05) is 164 Å². The summed E-state index contributed by atoms with van der Waals surface area (Å²) in [7, 11) is 0. The molecule has 0 aliphatic rings. The maximum atomic E-state index is 12.6. The highest BCUT2D eigenvalue weighted by molar-refractivity contribution is 5.72. The van der Waals surface area contributed by atoms with Crippen LogP contribution in [-0.2, 0) is 28.6 Å². The molecule has 0 rings (SSSR count). The Bertz CT molecular complexity index is 1030. The van der Waals surface area contributed by atoms with Gasteiger partial charge in [0.15, 0.2) is 6.10 Å². The van der Waals surface area contributed by atoms with Gasteiger partial charge in [-0.25, -0.2) is 0 Å². The number of unbranched alkanes of at least 4 members (excludes halogenated alkanes) is 16. The van der Waals surface area contributed by atoms with Gasteiger partial charge in [-0.05, 0) is 77.0 Å². The van der Waals surface area contributed by atoms with Gasteiger partial charge in [-0.15, -0.1) is 0 Å². The van der Waals surface area contributed by atoms with Crippen LogP contribution in [0.15, 0.2) is 72.9 Å². The van der Waals surface area contributed by atoms with Gasteiger partial charge in [0.05, 0.1) is 6.42 Å². The van der Waals surface area contributed by atoms with Crippen LogP contribution in [0.4, 0.5) is 0 Å². The average Bonchev–Trinajstić information content (AvgIpc) is 3.15. The third kappa shape index (κ3) is 39.9. The minimum Gasteiger partial charge on any atom is -0.462 e. The zero-order chi connectivity index (χ0) is 38.7. The molecule has 0 spiro atoms. The van der Waals surface area contributed by atoms with Crippen molar-refractivity contribution in [3.8, 4) is 0 Å². The normalized spacial score (nSPS) is 12.7. The molecule has 0 saturated heterocycles. The number of hydrogen-bond donors (Lipinski definition) is 0. The third-order valence-electron chi connectivity index (χ3n) is 8.73. The van der Waals surface area contributed by atoms with E-state index in [-0.39, 0.29) is 31.6 Å². The Hall–Kier alpha value is -3.15. The topological polar surface area (TPSA) is 78.9 Å². The van der Waals surface area contributed by atoms with Crippen LogP contribution < -0.4 is 0 Å². The molecule has 0 fully saturated rings. The SMILES string of the molecule is CC/C=C\C/C=C\C/C=C\CC(=O)OCC(COC(=O)CCCCCCCC/C=C\C=C/CCCCC)OC(=O)CCCCCCC/C=C\CCCC. The van der Waals surface area contributed by atoms with E-state index in [1.165, 1.54) is 64.2 Å². The summed E-state index contributed by atoms with van der Waals surface area (Å²) < 4.78 is 16.5. The summed E-state index contributed by atoms with van der Waals surface area (Å²) in [5, 5.41) is 0. The lowest BCUT2D eigenvalue weighted by Crippen LogP contribution is -2.30. The summed E-state index contributed by atoms with van der Waals surface area (Å²) in [5.74, 6) is -1.07. The molecule has 0 aromatic heterocycles. The van der Waals surface area contributed by atoms with E-state index in [4.69, 9.17) is 14.2 Å². The molecule has 0 aliphatic carbocycles. The number of carbonyl (C=O) groups is 3. The second-order valence-corrected chi connectivity index (χ2v) is 13.9. The predicted molar refractivity (Wildman–Crippen MR) is 224 cm³/mol. The van der Waals surface area contributed by atoms with Gasteiger partial charge < -0.3 is 14.2 Å². The molecule has 0 N–H and O–H groups in total. The maximum absolute atomic E-state index is 12.6. The van der Waals surface area contributed by atoms with Crippen LogP contribution in [0.2, 0.25) is 0 Å². The lowest BCUT2D eigenvalue weighted by molar-refractivity contribution is -0.166. The highest BCUT2D eigenvalue weighted by Crippen LogP contribution is 2.12. The minimum absolute atomic E-state index is 0.113. The number of hydrogen-bond acceptors (Lipinski definition) is 6. The Balaban J connectivity index is 4.46. The van der Waals surface area contributed by atoms with Crippen molar-refractivity contribution in [1.29, 1.82) is 0 Å². The van der Waals surface area contributed by atoms with Crippen molar-refractivity contribution < 1.29 is 28.6 Å². The monoisotopic (exact) mass is 739 g/mol. The minimum atomic E-state index is -0.816. The smallest absolute Gasteiger partial charge is 0.309 e. The molecule has 0 radical (unpaired) electrons. The molecule has 0 aliphatic heterocycles. The summed E-state index contributed by atoms with van der Waals surface area (Å²) in [6.45, 7) is 6.30. The molecule has 0 amide bonds. The first kappa shape index (κ1) is 49.9. The zero-order valence-electron chi connectivity index (χ0n) is 34.3. The molecule has 0 aromatic rings. The van der Waals surface area contributed by atoms with Gasteiger partial charge in [-0.2, -0.15) is 0 Å². The fourth-order valence-corrected chi connectivity index (χ4v) is 5.47. The molecular formula is C47H78O6. The Labute approximate surface area is 325 Å². The van der Waals surface area contributed by atoms with Crippen molar-refractivity contribution in [3.63, 3.8) is 0 Å². The van der Waals surface area contributed by atoms with Crippen LogP contribution in [0, 0.1) is 0 Å². The Morgan fingerprint density at radius 3 is 1.47 bits per heavy atom. The molecule has 6 nitrogen and oxygen atoms in total.